The van der Waals surface area contributed by atoms with Crippen LogP contribution in [0.4, 0.5) is 36.3 Å². The SMILES string of the molecule is Cc1ccc(Nc2nc(N[C@H]3CCCN(C(=O)CO)C3)ncc2C(F)(F)F)c(NC(=O)CCCl)c1. The molecule has 3 rings (SSSR count). The van der Waals surface area contributed by atoms with Gasteiger partial charge in [0.15, 0.2) is 0 Å². The van der Waals surface area contributed by atoms with Gasteiger partial charge in [-0.25, -0.2) is 4.98 Å². The summed E-state index contributed by atoms with van der Waals surface area (Å²) in [6.07, 6.45) is -2.71. The van der Waals surface area contributed by atoms with Crippen LogP contribution in [0.5, 0.6) is 0 Å². The van der Waals surface area contributed by atoms with Crippen molar-refractivity contribution >= 4 is 46.6 Å². The fourth-order valence-electron chi connectivity index (χ4n) is 3.65. The molecule has 13 heteroatoms. The number of nitrogens with zero attached hydrogens (tertiary/aromatic N) is 3. The van der Waals surface area contributed by atoms with Crippen LogP contribution in [0.2, 0.25) is 0 Å². The van der Waals surface area contributed by atoms with Gasteiger partial charge in [-0.15, -0.1) is 11.6 Å². The molecule has 2 heterocycles. The Morgan fingerprint density at radius 1 is 1.29 bits per heavy atom. The third-order valence-electron chi connectivity index (χ3n) is 5.36. The van der Waals surface area contributed by atoms with Gasteiger partial charge in [0.1, 0.15) is 18.0 Å². The van der Waals surface area contributed by atoms with Gasteiger partial charge in [-0.1, -0.05) is 6.07 Å². The largest absolute Gasteiger partial charge is 0.421 e. The molecule has 2 aromatic rings. The van der Waals surface area contributed by atoms with E-state index in [9.17, 15) is 22.8 Å². The zero-order valence-electron chi connectivity index (χ0n) is 19.0. The number of aliphatic hydroxyl groups excluding tert-OH is 1. The van der Waals surface area contributed by atoms with Crippen molar-refractivity contribution in [3.63, 3.8) is 0 Å². The Morgan fingerprint density at radius 2 is 2.06 bits per heavy atom. The van der Waals surface area contributed by atoms with Gasteiger partial charge >= 0.3 is 6.18 Å². The normalized spacial score (nSPS) is 16.1. The zero-order valence-corrected chi connectivity index (χ0v) is 19.7. The number of aromatic nitrogens is 2. The lowest BCUT2D eigenvalue weighted by Gasteiger charge is -2.32. The van der Waals surface area contributed by atoms with Gasteiger partial charge in [0.25, 0.3) is 0 Å². The Hall–Kier alpha value is -3.12. The first kappa shape index (κ1) is 26.5. The monoisotopic (exact) mass is 514 g/mol. The predicted molar refractivity (Wildman–Crippen MR) is 126 cm³/mol. The van der Waals surface area contributed by atoms with E-state index < -0.39 is 30.1 Å². The number of benzene rings is 1. The summed E-state index contributed by atoms with van der Waals surface area (Å²) in [5.74, 6) is -1.25. The van der Waals surface area contributed by atoms with Gasteiger partial charge in [-0.05, 0) is 37.5 Å². The van der Waals surface area contributed by atoms with E-state index in [1.54, 1.807) is 25.1 Å². The molecule has 1 saturated heterocycles. The minimum atomic E-state index is -4.73. The quantitative estimate of drug-likeness (QED) is 0.398. The molecule has 0 aliphatic carbocycles. The van der Waals surface area contributed by atoms with Crippen LogP contribution in [0.25, 0.3) is 0 Å². The molecule has 190 valence electrons. The third-order valence-corrected chi connectivity index (χ3v) is 5.55. The number of likely N-dealkylation sites (tertiary alicyclic amines) is 1. The summed E-state index contributed by atoms with van der Waals surface area (Å²) < 4.78 is 41.1. The van der Waals surface area contributed by atoms with E-state index in [1.807, 2.05) is 0 Å². The average molecular weight is 515 g/mol. The molecular formula is C22H26ClF3N6O3. The molecular weight excluding hydrogens is 489 g/mol. The lowest BCUT2D eigenvalue weighted by molar-refractivity contribution is -0.137. The number of nitrogens with one attached hydrogen (secondary N) is 3. The molecule has 0 radical (unpaired) electrons. The molecule has 1 aromatic heterocycles. The fourth-order valence-corrected chi connectivity index (χ4v) is 3.83. The highest BCUT2D eigenvalue weighted by atomic mass is 35.5. The molecule has 1 aromatic carbocycles. The van der Waals surface area contributed by atoms with Crippen molar-refractivity contribution in [2.45, 2.75) is 38.4 Å². The van der Waals surface area contributed by atoms with Gasteiger partial charge in [0.2, 0.25) is 17.8 Å². The number of amides is 2. The van der Waals surface area contributed by atoms with Crippen LogP contribution in [0.3, 0.4) is 0 Å². The number of aryl methyl sites for hydroxylation is 1. The first-order valence-electron chi connectivity index (χ1n) is 10.9. The number of aliphatic hydroxyl groups is 1. The maximum absolute atomic E-state index is 13.7. The summed E-state index contributed by atoms with van der Waals surface area (Å²) in [4.78, 5) is 33.2. The van der Waals surface area contributed by atoms with Crippen molar-refractivity contribution in [1.29, 1.82) is 0 Å². The molecule has 2 amide bonds. The summed E-state index contributed by atoms with van der Waals surface area (Å²) >= 11 is 5.61. The van der Waals surface area contributed by atoms with Gasteiger partial charge in [0.05, 0.1) is 11.4 Å². The van der Waals surface area contributed by atoms with Crippen molar-refractivity contribution in [2.75, 3.05) is 41.5 Å². The molecule has 35 heavy (non-hydrogen) atoms. The van der Waals surface area contributed by atoms with Crippen LogP contribution < -0.4 is 16.0 Å². The number of anilines is 4. The highest BCUT2D eigenvalue weighted by molar-refractivity contribution is 6.19. The van der Waals surface area contributed by atoms with Gasteiger partial charge in [-0.3, -0.25) is 9.59 Å². The van der Waals surface area contributed by atoms with Crippen LogP contribution in [0, 0.1) is 6.92 Å². The Morgan fingerprint density at radius 3 is 2.74 bits per heavy atom. The van der Waals surface area contributed by atoms with Crippen molar-refractivity contribution in [3.8, 4) is 0 Å². The van der Waals surface area contributed by atoms with E-state index in [1.165, 1.54) is 4.90 Å². The maximum Gasteiger partial charge on any atom is 0.421 e. The Bertz CT molecular complexity index is 1070. The Labute approximate surface area is 205 Å². The van der Waals surface area contributed by atoms with Crippen LogP contribution in [-0.4, -0.2) is 63.4 Å². The van der Waals surface area contributed by atoms with Crippen molar-refractivity contribution in [3.05, 3.63) is 35.5 Å². The van der Waals surface area contributed by atoms with E-state index in [-0.39, 0.29) is 48.1 Å². The zero-order chi connectivity index (χ0) is 25.6. The molecule has 4 N–H and O–H groups in total. The van der Waals surface area contributed by atoms with Gasteiger partial charge in [-0.2, -0.15) is 18.2 Å². The second kappa shape index (κ2) is 11.5. The van der Waals surface area contributed by atoms with Gasteiger partial charge < -0.3 is 26.0 Å². The van der Waals surface area contributed by atoms with E-state index in [0.29, 0.717) is 25.6 Å². The molecule has 1 aliphatic heterocycles. The Balaban J connectivity index is 1.88. The first-order chi connectivity index (χ1) is 16.6. The van der Waals surface area contributed by atoms with Crippen LogP contribution >= 0.6 is 11.6 Å². The topological polar surface area (TPSA) is 119 Å². The smallest absolute Gasteiger partial charge is 0.387 e. The Kier molecular flexibility index (Phi) is 8.73. The second-order valence-electron chi connectivity index (χ2n) is 8.10. The van der Waals surface area contributed by atoms with Crippen molar-refractivity contribution < 1.29 is 27.9 Å². The number of alkyl halides is 4. The number of hydrogen-bond donors (Lipinski definition) is 4. The van der Waals surface area contributed by atoms with E-state index >= 15 is 0 Å². The molecule has 0 bridgehead atoms. The van der Waals surface area contributed by atoms with Crippen LogP contribution in [0.1, 0.15) is 30.4 Å². The number of carbonyl (C=O) groups excluding carboxylic acids is 2. The minimum absolute atomic E-state index is 0.0432. The first-order valence-corrected chi connectivity index (χ1v) is 11.5. The van der Waals surface area contributed by atoms with E-state index in [2.05, 4.69) is 25.9 Å². The highest BCUT2D eigenvalue weighted by Crippen LogP contribution is 2.36. The molecule has 1 atom stereocenters. The number of rotatable bonds is 8. The number of piperidine rings is 1. The molecule has 9 nitrogen and oxygen atoms in total. The summed E-state index contributed by atoms with van der Waals surface area (Å²) in [5, 5.41) is 17.4. The minimum Gasteiger partial charge on any atom is -0.387 e. The predicted octanol–water partition coefficient (Wildman–Crippen LogP) is 3.51. The lowest BCUT2D eigenvalue weighted by Crippen LogP contribution is -2.46. The van der Waals surface area contributed by atoms with Crippen LogP contribution in [-0.2, 0) is 15.8 Å². The van der Waals surface area contributed by atoms with Crippen LogP contribution in [0.15, 0.2) is 24.4 Å². The molecule has 0 unspecified atom stereocenters. The van der Waals surface area contributed by atoms with E-state index in [0.717, 1.165) is 5.56 Å². The summed E-state index contributed by atoms with van der Waals surface area (Å²) in [6.45, 7) is 1.92. The summed E-state index contributed by atoms with van der Waals surface area (Å²) in [7, 11) is 0. The summed E-state index contributed by atoms with van der Waals surface area (Å²) in [6, 6.07) is 4.55. The standard InChI is InChI=1S/C22H26ClF3N6O3/c1-13-4-5-16(17(9-13)29-18(34)6-7-23)30-20-15(22(24,25)26)10-27-21(31-20)28-14-3-2-8-32(11-14)19(35)12-33/h4-5,9-10,14,33H,2-3,6-8,11-12H2,1H3,(H,29,34)(H2,27,28,30,31)/t14-/m0/s1. The van der Waals surface area contributed by atoms with Crippen molar-refractivity contribution in [1.82, 2.24) is 14.9 Å². The second-order valence-corrected chi connectivity index (χ2v) is 8.47. The van der Waals surface area contributed by atoms with E-state index in [4.69, 9.17) is 16.7 Å². The fraction of sp³-hybridized carbons (Fsp3) is 0.455. The highest BCUT2D eigenvalue weighted by Gasteiger charge is 2.36. The lowest BCUT2D eigenvalue weighted by atomic mass is 10.1. The molecule has 1 aliphatic rings. The summed E-state index contributed by atoms with van der Waals surface area (Å²) in [5.41, 5.74) is 0.206. The van der Waals surface area contributed by atoms with Gasteiger partial charge in [0, 0.05) is 37.6 Å². The number of carbonyl (C=O) groups is 2. The number of hydrogen-bond acceptors (Lipinski definition) is 7. The average Bonchev–Trinajstić information content (AvgIpc) is 2.80. The number of halogens is 4. The molecule has 0 spiro atoms. The molecule has 0 saturated carbocycles. The molecule has 1 fully saturated rings. The van der Waals surface area contributed by atoms with Crippen molar-refractivity contribution in [2.24, 2.45) is 0 Å². The third kappa shape index (κ3) is 7.18. The maximum atomic E-state index is 13.7.